The van der Waals surface area contributed by atoms with Crippen molar-refractivity contribution in [3.8, 4) is 0 Å². The molecule has 0 fully saturated rings. The molecule has 1 aromatic rings. The summed E-state index contributed by atoms with van der Waals surface area (Å²) in [4.78, 5) is 14.5. The fourth-order valence-electron chi connectivity index (χ4n) is 0.985. The Balaban J connectivity index is 3.18. The molecule has 0 aliphatic heterocycles. The molecule has 0 saturated carbocycles. The van der Waals surface area contributed by atoms with Gasteiger partial charge < -0.3 is 4.74 Å². The summed E-state index contributed by atoms with van der Waals surface area (Å²) in [6, 6.07) is 0.629. The van der Waals surface area contributed by atoms with Crippen LogP contribution in [0.1, 0.15) is 29.4 Å². The summed E-state index contributed by atoms with van der Waals surface area (Å²) in [5.74, 6) is -2.25. The van der Waals surface area contributed by atoms with E-state index in [1.165, 1.54) is 6.92 Å². The summed E-state index contributed by atoms with van der Waals surface area (Å²) in [5, 5.41) is -0.777. The molecule has 16 heavy (non-hydrogen) atoms. The summed E-state index contributed by atoms with van der Waals surface area (Å²) in [7, 11) is 0. The average Bonchev–Trinajstić information content (AvgIpc) is 2.21. The molecule has 0 saturated heterocycles. The van der Waals surface area contributed by atoms with E-state index in [1.54, 1.807) is 0 Å². The van der Waals surface area contributed by atoms with Gasteiger partial charge in [0.1, 0.15) is 0 Å². The molecule has 3 nitrogen and oxygen atoms in total. The Labute approximate surface area is 94.2 Å². The number of hydrogen-bond acceptors (Lipinski definition) is 3. The molecular formula is C9H7ClF3NO2. The molecule has 0 atom stereocenters. The minimum absolute atomic E-state index is 0.0551. The number of alkyl halides is 2. The Kier molecular flexibility index (Phi) is 4.12. The van der Waals surface area contributed by atoms with Crippen molar-refractivity contribution < 1.29 is 22.7 Å². The lowest BCUT2D eigenvalue weighted by Crippen LogP contribution is -2.09. The van der Waals surface area contributed by atoms with E-state index in [-0.39, 0.29) is 6.61 Å². The van der Waals surface area contributed by atoms with Gasteiger partial charge in [-0.15, -0.1) is 0 Å². The molecule has 0 N–H and O–H groups in total. The Hall–Kier alpha value is -1.30. The van der Waals surface area contributed by atoms with Gasteiger partial charge in [0.15, 0.2) is 16.7 Å². The molecule has 1 aromatic heterocycles. The van der Waals surface area contributed by atoms with Gasteiger partial charge in [-0.3, -0.25) is 0 Å². The van der Waals surface area contributed by atoms with Gasteiger partial charge in [-0.05, 0) is 13.0 Å². The second kappa shape index (κ2) is 5.16. The number of carbonyl (C=O) groups is 1. The van der Waals surface area contributed by atoms with E-state index in [0.29, 0.717) is 6.07 Å². The number of aromatic nitrogens is 1. The predicted molar refractivity (Wildman–Crippen MR) is 50.1 cm³/mol. The van der Waals surface area contributed by atoms with Gasteiger partial charge in [-0.1, -0.05) is 11.6 Å². The van der Waals surface area contributed by atoms with Crippen molar-refractivity contribution in [2.24, 2.45) is 0 Å². The molecule has 7 heteroatoms. The van der Waals surface area contributed by atoms with Crippen LogP contribution in [0.4, 0.5) is 13.2 Å². The van der Waals surface area contributed by atoms with E-state index in [2.05, 4.69) is 9.72 Å². The van der Waals surface area contributed by atoms with E-state index in [9.17, 15) is 18.0 Å². The highest BCUT2D eigenvalue weighted by Crippen LogP contribution is 2.26. The molecule has 88 valence electrons. The minimum atomic E-state index is -3.08. The number of nitrogens with zero attached hydrogens (tertiary/aromatic N) is 1. The van der Waals surface area contributed by atoms with Crippen molar-refractivity contribution in [2.45, 2.75) is 13.3 Å². The van der Waals surface area contributed by atoms with Crippen LogP contribution in [0.3, 0.4) is 0 Å². The molecule has 0 aliphatic rings. The molecule has 1 rings (SSSR count). The average molecular weight is 254 g/mol. The quantitative estimate of drug-likeness (QED) is 0.614. The van der Waals surface area contributed by atoms with Crippen LogP contribution in [0.2, 0.25) is 5.15 Å². The largest absolute Gasteiger partial charge is 0.461 e. The first-order valence-electron chi connectivity index (χ1n) is 4.28. The lowest BCUT2D eigenvalue weighted by molar-refractivity contribution is 0.0518. The van der Waals surface area contributed by atoms with Crippen molar-refractivity contribution in [1.82, 2.24) is 4.98 Å². The maximum absolute atomic E-state index is 13.1. The van der Waals surface area contributed by atoms with Gasteiger partial charge in [0.2, 0.25) is 0 Å². The fraction of sp³-hybridized carbons (Fsp3) is 0.333. The van der Waals surface area contributed by atoms with Crippen LogP contribution < -0.4 is 0 Å². The molecule has 0 unspecified atom stereocenters. The van der Waals surface area contributed by atoms with Crippen LogP contribution >= 0.6 is 11.6 Å². The highest BCUT2D eigenvalue weighted by molar-refractivity contribution is 6.29. The molecule has 0 aliphatic carbocycles. The highest BCUT2D eigenvalue weighted by Gasteiger charge is 2.21. The number of ether oxygens (including phenoxy) is 1. The number of pyridine rings is 1. The van der Waals surface area contributed by atoms with Gasteiger partial charge in [0.05, 0.1) is 12.2 Å². The first-order valence-corrected chi connectivity index (χ1v) is 4.66. The summed E-state index contributed by atoms with van der Waals surface area (Å²) in [6.07, 6.45) is -3.08. The van der Waals surface area contributed by atoms with Crippen LogP contribution in [-0.2, 0) is 4.74 Å². The summed E-state index contributed by atoms with van der Waals surface area (Å²) < 4.78 is 42.3. The summed E-state index contributed by atoms with van der Waals surface area (Å²) in [6.45, 7) is 1.59. The summed E-state index contributed by atoms with van der Waals surface area (Å²) >= 11 is 5.28. The third kappa shape index (κ3) is 2.63. The predicted octanol–water partition coefficient (Wildman–Crippen LogP) is 2.99. The Morgan fingerprint density at radius 3 is 2.75 bits per heavy atom. The zero-order valence-electron chi connectivity index (χ0n) is 8.14. The Morgan fingerprint density at radius 2 is 2.25 bits per heavy atom. The normalized spacial score (nSPS) is 10.6. The van der Waals surface area contributed by atoms with Gasteiger partial charge in [0.25, 0.3) is 6.43 Å². The Bertz CT molecular complexity index is 412. The minimum Gasteiger partial charge on any atom is -0.461 e. The van der Waals surface area contributed by atoms with E-state index < -0.39 is 34.6 Å². The number of rotatable bonds is 3. The number of esters is 1. The maximum Gasteiger partial charge on any atom is 0.356 e. The van der Waals surface area contributed by atoms with Crippen LogP contribution in [-0.4, -0.2) is 17.6 Å². The standard InChI is InChI=1S/C9H7ClF3NO2/c1-2-16-9(15)5-3-4(8(12)13)6(11)7(10)14-5/h3,8H,2H2,1H3. The first kappa shape index (κ1) is 12.8. The second-order valence-corrected chi connectivity index (χ2v) is 3.08. The fourth-order valence-corrected chi connectivity index (χ4v) is 1.19. The summed E-state index contributed by atoms with van der Waals surface area (Å²) in [5.41, 5.74) is -1.41. The van der Waals surface area contributed by atoms with Crippen molar-refractivity contribution in [2.75, 3.05) is 6.61 Å². The van der Waals surface area contributed by atoms with E-state index in [1.807, 2.05) is 0 Å². The van der Waals surface area contributed by atoms with Crippen LogP contribution in [0, 0.1) is 5.82 Å². The molecule has 0 bridgehead atoms. The lowest BCUT2D eigenvalue weighted by Gasteiger charge is -2.06. The third-order valence-corrected chi connectivity index (χ3v) is 1.92. The topological polar surface area (TPSA) is 39.2 Å². The van der Waals surface area contributed by atoms with Crippen molar-refractivity contribution >= 4 is 17.6 Å². The smallest absolute Gasteiger partial charge is 0.356 e. The van der Waals surface area contributed by atoms with Gasteiger partial charge in [-0.25, -0.2) is 22.9 Å². The molecule has 1 heterocycles. The zero-order chi connectivity index (χ0) is 12.3. The number of hydrogen-bond donors (Lipinski definition) is 0. The van der Waals surface area contributed by atoms with Crippen molar-refractivity contribution in [3.63, 3.8) is 0 Å². The molecule has 0 amide bonds. The molecule has 0 aromatic carbocycles. The number of halogens is 4. The van der Waals surface area contributed by atoms with E-state index >= 15 is 0 Å². The first-order chi connectivity index (χ1) is 7.47. The highest BCUT2D eigenvalue weighted by atomic mass is 35.5. The van der Waals surface area contributed by atoms with Crippen LogP contribution in [0.5, 0.6) is 0 Å². The maximum atomic E-state index is 13.1. The van der Waals surface area contributed by atoms with Crippen molar-refractivity contribution in [3.05, 3.63) is 28.3 Å². The SMILES string of the molecule is CCOC(=O)c1cc(C(F)F)c(F)c(Cl)n1. The second-order valence-electron chi connectivity index (χ2n) is 2.72. The van der Waals surface area contributed by atoms with E-state index in [4.69, 9.17) is 11.6 Å². The zero-order valence-corrected chi connectivity index (χ0v) is 8.89. The molecule has 0 spiro atoms. The van der Waals surface area contributed by atoms with Gasteiger partial charge in [-0.2, -0.15) is 0 Å². The van der Waals surface area contributed by atoms with Crippen LogP contribution in [0.15, 0.2) is 6.07 Å². The third-order valence-electron chi connectivity index (χ3n) is 1.67. The number of carbonyl (C=O) groups excluding carboxylic acids is 1. The Morgan fingerprint density at radius 1 is 1.62 bits per heavy atom. The van der Waals surface area contributed by atoms with Crippen LogP contribution in [0.25, 0.3) is 0 Å². The molecule has 0 radical (unpaired) electrons. The van der Waals surface area contributed by atoms with E-state index in [0.717, 1.165) is 0 Å². The lowest BCUT2D eigenvalue weighted by atomic mass is 10.2. The van der Waals surface area contributed by atoms with Crippen molar-refractivity contribution in [1.29, 1.82) is 0 Å². The molecular weight excluding hydrogens is 247 g/mol. The van der Waals surface area contributed by atoms with Gasteiger partial charge >= 0.3 is 5.97 Å². The van der Waals surface area contributed by atoms with Gasteiger partial charge in [0, 0.05) is 0 Å². The monoisotopic (exact) mass is 253 g/mol.